The highest BCUT2D eigenvalue weighted by Gasteiger charge is 2.28. The molecule has 0 spiro atoms. The molecular weight excluding hydrogens is 370 g/mol. The van der Waals surface area contributed by atoms with E-state index < -0.39 is 0 Å². The number of amides is 1. The van der Waals surface area contributed by atoms with Crippen LogP contribution in [0.15, 0.2) is 41.9 Å². The number of benzene rings is 1. The van der Waals surface area contributed by atoms with Crippen LogP contribution >= 0.6 is 22.9 Å². The van der Waals surface area contributed by atoms with Crippen molar-refractivity contribution in [1.82, 2.24) is 14.3 Å². The smallest absolute Gasteiger partial charge is 0.247 e. The zero-order valence-corrected chi connectivity index (χ0v) is 15.8. The first kappa shape index (κ1) is 17.1. The molecule has 0 N–H and O–H groups in total. The summed E-state index contributed by atoms with van der Waals surface area (Å²) in [4.78, 5) is 19.8. The lowest BCUT2D eigenvalue weighted by Gasteiger charge is -2.24. The third kappa shape index (κ3) is 3.10. The number of methoxy groups -OCH3 is 1. The van der Waals surface area contributed by atoms with Gasteiger partial charge in [0.2, 0.25) is 5.91 Å². The lowest BCUT2D eigenvalue weighted by Crippen LogP contribution is -2.28. The van der Waals surface area contributed by atoms with Gasteiger partial charge >= 0.3 is 0 Å². The molecule has 1 amide bonds. The van der Waals surface area contributed by atoms with E-state index in [4.69, 9.17) is 16.3 Å². The number of imidazole rings is 1. The maximum Gasteiger partial charge on any atom is 0.247 e. The number of aromatic nitrogens is 2. The standard InChI is InChI=1S/C19H18ClN3O2S/c1-25-14-6-4-13(5-7-14)15-3-2-10-22(15)17(24)9-8-16-18(20)21-19-23(16)11-12-26-19/h4-9,11-12,15H,2-3,10H2,1H3/b9-8+. The van der Waals surface area contributed by atoms with Gasteiger partial charge in [0, 0.05) is 24.2 Å². The summed E-state index contributed by atoms with van der Waals surface area (Å²) in [5.74, 6) is 0.809. The van der Waals surface area contributed by atoms with Crippen LogP contribution in [-0.4, -0.2) is 33.8 Å². The van der Waals surface area contributed by atoms with Gasteiger partial charge in [0.1, 0.15) is 5.75 Å². The van der Waals surface area contributed by atoms with E-state index in [9.17, 15) is 4.79 Å². The normalized spacial score (nSPS) is 17.5. The Balaban J connectivity index is 1.54. The van der Waals surface area contributed by atoms with E-state index in [1.54, 1.807) is 19.3 Å². The molecule has 26 heavy (non-hydrogen) atoms. The monoisotopic (exact) mass is 387 g/mol. The van der Waals surface area contributed by atoms with Crippen LogP contribution in [-0.2, 0) is 4.79 Å². The number of nitrogens with zero attached hydrogens (tertiary/aromatic N) is 3. The molecule has 1 saturated heterocycles. The minimum Gasteiger partial charge on any atom is -0.497 e. The molecule has 3 aromatic rings. The summed E-state index contributed by atoms with van der Waals surface area (Å²) in [5, 5.41) is 2.35. The van der Waals surface area contributed by atoms with Crippen molar-refractivity contribution in [2.75, 3.05) is 13.7 Å². The predicted octanol–water partition coefficient (Wildman–Crippen LogP) is 4.43. The fraction of sp³-hybridized carbons (Fsp3) is 0.263. The molecule has 3 heterocycles. The highest BCUT2D eigenvalue weighted by atomic mass is 35.5. The van der Waals surface area contributed by atoms with E-state index in [-0.39, 0.29) is 11.9 Å². The highest BCUT2D eigenvalue weighted by Crippen LogP contribution is 2.33. The minimum atomic E-state index is -0.00966. The second kappa shape index (κ2) is 7.13. The Morgan fingerprint density at radius 3 is 2.96 bits per heavy atom. The number of hydrogen-bond acceptors (Lipinski definition) is 4. The van der Waals surface area contributed by atoms with E-state index in [1.807, 2.05) is 45.1 Å². The fourth-order valence-corrected chi connectivity index (χ4v) is 4.38. The number of carbonyl (C=O) groups excluding carboxylic acids is 1. The molecule has 1 aliphatic rings. The molecule has 0 radical (unpaired) electrons. The number of halogens is 1. The first-order valence-electron chi connectivity index (χ1n) is 8.41. The minimum absolute atomic E-state index is 0.00966. The van der Waals surface area contributed by atoms with Crippen molar-refractivity contribution in [2.45, 2.75) is 18.9 Å². The van der Waals surface area contributed by atoms with Crippen molar-refractivity contribution < 1.29 is 9.53 Å². The fourth-order valence-electron chi connectivity index (χ4n) is 3.38. The van der Waals surface area contributed by atoms with Gasteiger partial charge in [-0.25, -0.2) is 4.98 Å². The van der Waals surface area contributed by atoms with Crippen LogP contribution in [0, 0.1) is 0 Å². The quantitative estimate of drug-likeness (QED) is 0.622. The van der Waals surface area contributed by atoms with Crippen LogP contribution in [0.5, 0.6) is 5.75 Å². The second-order valence-electron chi connectivity index (χ2n) is 6.14. The molecule has 1 fully saturated rings. The molecule has 0 saturated carbocycles. The Hall–Kier alpha value is -2.31. The lowest BCUT2D eigenvalue weighted by molar-refractivity contribution is -0.126. The molecule has 1 aliphatic heterocycles. The van der Waals surface area contributed by atoms with Gasteiger partial charge in [0.05, 0.1) is 18.8 Å². The Morgan fingerprint density at radius 1 is 1.38 bits per heavy atom. The van der Waals surface area contributed by atoms with Gasteiger partial charge < -0.3 is 9.64 Å². The molecular formula is C19H18ClN3O2S. The van der Waals surface area contributed by atoms with E-state index in [0.29, 0.717) is 5.15 Å². The number of hydrogen-bond donors (Lipinski definition) is 0. The van der Waals surface area contributed by atoms with Gasteiger partial charge in [-0.3, -0.25) is 9.20 Å². The van der Waals surface area contributed by atoms with Crippen molar-refractivity contribution in [3.8, 4) is 5.75 Å². The first-order chi connectivity index (χ1) is 12.7. The summed E-state index contributed by atoms with van der Waals surface area (Å²) in [6, 6.07) is 8.03. The average Bonchev–Trinajstić information content (AvgIpc) is 3.36. The summed E-state index contributed by atoms with van der Waals surface area (Å²) in [6.07, 6.45) is 7.21. The lowest BCUT2D eigenvalue weighted by atomic mass is 10.0. The molecule has 1 unspecified atom stereocenters. The van der Waals surface area contributed by atoms with Crippen molar-refractivity contribution in [2.24, 2.45) is 0 Å². The van der Waals surface area contributed by atoms with Gasteiger partial charge in [-0.2, -0.15) is 0 Å². The number of fused-ring (bicyclic) bond motifs is 1. The van der Waals surface area contributed by atoms with E-state index >= 15 is 0 Å². The summed E-state index contributed by atoms with van der Waals surface area (Å²) < 4.78 is 7.10. The van der Waals surface area contributed by atoms with Crippen LogP contribution in [0.1, 0.15) is 30.1 Å². The Kier molecular flexibility index (Phi) is 4.70. The molecule has 4 rings (SSSR count). The maximum atomic E-state index is 12.8. The van der Waals surface area contributed by atoms with Crippen LogP contribution in [0.2, 0.25) is 5.15 Å². The molecule has 1 atom stereocenters. The molecule has 1 aromatic carbocycles. The molecule has 134 valence electrons. The Morgan fingerprint density at radius 2 is 2.19 bits per heavy atom. The van der Waals surface area contributed by atoms with Crippen molar-refractivity contribution >= 4 is 39.9 Å². The van der Waals surface area contributed by atoms with Gasteiger partial charge in [-0.15, -0.1) is 11.3 Å². The number of thiazole rings is 1. The predicted molar refractivity (Wildman–Crippen MR) is 104 cm³/mol. The summed E-state index contributed by atoms with van der Waals surface area (Å²) in [5.41, 5.74) is 1.86. The first-order valence-corrected chi connectivity index (χ1v) is 9.67. The van der Waals surface area contributed by atoms with E-state index in [0.717, 1.165) is 41.4 Å². The van der Waals surface area contributed by atoms with Gasteiger partial charge in [-0.1, -0.05) is 23.7 Å². The zero-order chi connectivity index (χ0) is 18.1. The van der Waals surface area contributed by atoms with Crippen LogP contribution in [0.25, 0.3) is 11.0 Å². The van der Waals surface area contributed by atoms with Crippen LogP contribution in [0.4, 0.5) is 0 Å². The largest absolute Gasteiger partial charge is 0.497 e. The number of ether oxygens (including phenoxy) is 1. The SMILES string of the molecule is COc1ccc(C2CCCN2C(=O)/C=C/c2c(Cl)nc3sccn23)cc1. The number of carbonyl (C=O) groups is 1. The van der Waals surface area contributed by atoms with E-state index in [2.05, 4.69) is 4.98 Å². The molecule has 0 bridgehead atoms. The average molecular weight is 388 g/mol. The van der Waals surface area contributed by atoms with E-state index in [1.165, 1.54) is 11.3 Å². The van der Waals surface area contributed by atoms with Crippen LogP contribution in [0.3, 0.4) is 0 Å². The topological polar surface area (TPSA) is 46.8 Å². The molecule has 5 nitrogen and oxygen atoms in total. The van der Waals surface area contributed by atoms with Crippen LogP contribution < -0.4 is 4.74 Å². The van der Waals surface area contributed by atoms with Crippen molar-refractivity contribution in [3.05, 3.63) is 58.3 Å². The number of likely N-dealkylation sites (tertiary alicyclic amines) is 1. The zero-order valence-electron chi connectivity index (χ0n) is 14.3. The molecule has 2 aromatic heterocycles. The number of rotatable bonds is 4. The molecule has 0 aliphatic carbocycles. The maximum absolute atomic E-state index is 12.8. The Labute approximate surface area is 160 Å². The summed E-state index contributed by atoms with van der Waals surface area (Å²) in [7, 11) is 1.65. The third-order valence-corrected chi connectivity index (χ3v) is 5.71. The molecule has 7 heteroatoms. The van der Waals surface area contributed by atoms with Gasteiger partial charge in [0.25, 0.3) is 0 Å². The van der Waals surface area contributed by atoms with Crippen molar-refractivity contribution in [3.63, 3.8) is 0 Å². The highest BCUT2D eigenvalue weighted by molar-refractivity contribution is 7.15. The summed E-state index contributed by atoms with van der Waals surface area (Å²) >= 11 is 7.70. The van der Waals surface area contributed by atoms with Gasteiger partial charge in [-0.05, 0) is 36.6 Å². The Bertz CT molecular complexity index is 961. The van der Waals surface area contributed by atoms with Crippen molar-refractivity contribution in [1.29, 1.82) is 0 Å². The van der Waals surface area contributed by atoms with Gasteiger partial charge in [0.15, 0.2) is 10.1 Å². The summed E-state index contributed by atoms with van der Waals surface area (Å²) in [6.45, 7) is 0.758. The second-order valence-corrected chi connectivity index (χ2v) is 7.37. The third-order valence-electron chi connectivity index (χ3n) is 4.67.